The summed E-state index contributed by atoms with van der Waals surface area (Å²) >= 11 is 1.16. The van der Waals surface area contributed by atoms with Crippen molar-refractivity contribution in [2.24, 2.45) is 4.99 Å². The van der Waals surface area contributed by atoms with Crippen LogP contribution in [0.5, 0.6) is 0 Å². The summed E-state index contributed by atoms with van der Waals surface area (Å²) in [6.07, 6.45) is 8.15. The Morgan fingerprint density at radius 2 is 2.00 bits per heavy atom. The summed E-state index contributed by atoms with van der Waals surface area (Å²) < 4.78 is 43.4. The van der Waals surface area contributed by atoms with Crippen LogP contribution < -0.4 is 4.80 Å². The molecule has 1 unspecified atom stereocenters. The van der Waals surface area contributed by atoms with Crippen molar-refractivity contribution in [3.8, 4) is 12.3 Å². The zero-order chi connectivity index (χ0) is 22.9. The number of thiazole rings is 1. The minimum absolute atomic E-state index is 0.0468. The Labute approximate surface area is 190 Å². The first-order valence-electron chi connectivity index (χ1n) is 10.2. The summed E-state index contributed by atoms with van der Waals surface area (Å²) in [5.41, 5.74) is 0.949. The van der Waals surface area contributed by atoms with Crippen molar-refractivity contribution in [3.05, 3.63) is 58.6 Å². The second-order valence-electron chi connectivity index (χ2n) is 7.69. The van der Waals surface area contributed by atoms with Gasteiger partial charge in [0.2, 0.25) is 10.0 Å². The first-order chi connectivity index (χ1) is 15.3. The highest BCUT2D eigenvalue weighted by molar-refractivity contribution is 7.89. The number of aromatic nitrogens is 1. The summed E-state index contributed by atoms with van der Waals surface area (Å²) in [6, 6.07) is 10.1. The fraction of sp³-hybridized carbons (Fsp3) is 0.304. The maximum Gasteiger partial charge on any atom is 0.279 e. The van der Waals surface area contributed by atoms with Crippen LogP contribution in [0, 0.1) is 18.2 Å². The molecule has 0 radical (unpaired) electrons. The molecule has 6 nitrogen and oxygen atoms in total. The monoisotopic (exact) mass is 471 g/mol. The Kier molecular flexibility index (Phi) is 6.29. The Bertz CT molecular complexity index is 1380. The normalized spacial score (nSPS) is 18.0. The van der Waals surface area contributed by atoms with Gasteiger partial charge in [-0.05, 0) is 62.2 Å². The van der Waals surface area contributed by atoms with Crippen LogP contribution in [0.1, 0.15) is 36.5 Å². The summed E-state index contributed by atoms with van der Waals surface area (Å²) in [6.45, 7) is 2.60. The van der Waals surface area contributed by atoms with E-state index in [-0.39, 0.29) is 28.9 Å². The van der Waals surface area contributed by atoms with Gasteiger partial charge in [-0.2, -0.15) is 9.30 Å². The molecule has 2 aromatic carbocycles. The average molecular weight is 472 g/mol. The molecule has 1 fully saturated rings. The van der Waals surface area contributed by atoms with Crippen LogP contribution in [0.2, 0.25) is 0 Å². The van der Waals surface area contributed by atoms with Crippen LogP contribution in [0.25, 0.3) is 10.2 Å². The number of piperidine rings is 1. The SMILES string of the molecule is C#CCn1c(=NC(=O)c2ccc(S(=O)(=O)N3CCCCC3C)cc2)sc2cc(F)ccc21. The van der Waals surface area contributed by atoms with Gasteiger partial charge in [0.15, 0.2) is 4.80 Å². The van der Waals surface area contributed by atoms with E-state index in [1.165, 1.54) is 40.7 Å². The van der Waals surface area contributed by atoms with Crippen molar-refractivity contribution in [2.45, 2.75) is 43.7 Å². The van der Waals surface area contributed by atoms with Gasteiger partial charge in [-0.15, -0.1) is 6.42 Å². The first-order valence-corrected chi connectivity index (χ1v) is 12.5. The number of carbonyl (C=O) groups is 1. The summed E-state index contributed by atoms with van der Waals surface area (Å²) in [5.74, 6) is 1.61. The Balaban J connectivity index is 1.66. The molecule has 1 saturated heterocycles. The fourth-order valence-corrected chi connectivity index (χ4v) is 6.61. The average Bonchev–Trinajstić information content (AvgIpc) is 3.10. The molecular weight excluding hydrogens is 449 g/mol. The lowest BCUT2D eigenvalue weighted by atomic mass is 10.1. The van der Waals surface area contributed by atoms with Crippen LogP contribution in [0.3, 0.4) is 0 Å². The number of hydrogen-bond acceptors (Lipinski definition) is 4. The number of nitrogens with zero attached hydrogens (tertiary/aromatic N) is 3. The molecule has 0 spiro atoms. The van der Waals surface area contributed by atoms with E-state index in [0.29, 0.717) is 21.6 Å². The molecular formula is C23H22FN3O3S2. The number of sulfonamides is 1. The maximum atomic E-state index is 13.6. The van der Waals surface area contributed by atoms with Crippen molar-refractivity contribution >= 4 is 37.5 Å². The molecule has 0 N–H and O–H groups in total. The van der Waals surface area contributed by atoms with Gasteiger partial charge < -0.3 is 4.57 Å². The van der Waals surface area contributed by atoms with E-state index in [4.69, 9.17) is 6.42 Å². The zero-order valence-electron chi connectivity index (χ0n) is 17.5. The van der Waals surface area contributed by atoms with Crippen LogP contribution >= 0.6 is 11.3 Å². The summed E-state index contributed by atoms with van der Waals surface area (Å²) in [4.78, 5) is 17.5. The van der Waals surface area contributed by atoms with E-state index in [1.807, 2.05) is 6.92 Å². The number of rotatable bonds is 4. The number of carbonyl (C=O) groups excluding carboxylic acids is 1. The zero-order valence-corrected chi connectivity index (χ0v) is 19.1. The molecule has 1 aliphatic rings. The molecule has 1 amide bonds. The molecule has 1 atom stereocenters. The van der Waals surface area contributed by atoms with Crippen molar-refractivity contribution in [1.29, 1.82) is 0 Å². The van der Waals surface area contributed by atoms with Gasteiger partial charge >= 0.3 is 0 Å². The van der Waals surface area contributed by atoms with Gasteiger partial charge in [0.25, 0.3) is 5.91 Å². The maximum absolute atomic E-state index is 13.6. The third-order valence-electron chi connectivity index (χ3n) is 5.54. The van der Waals surface area contributed by atoms with Crippen LogP contribution in [0.4, 0.5) is 4.39 Å². The van der Waals surface area contributed by atoms with Crippen molar-refractivity contribution in [3.63, 3.8) is 0 Å². The molecule has 1 aromatic heterocycles. The number of halogens is 1. The van der Waals surface area contributed by atoms with E-state index in [1.54, 1.807) is 10.6 Å². The minimum Gasteiger partial charge on any atom is -0.305 e. The summed E-state index contributed by atoms with van der Waals surface area (Å²) in [5, 5.41) is 0. The molecule has 4 rings (SSSR count). The van der Waals surface area contributed by atoms with E-state index >= 15 is 0 Å². The van der Waals surface area contributed by atoms with E-state index in [9.17, 15) is 17.6 Å². The first kappa shape index (κ1) is 22.4. The lowest BCUT2D eigenvalue weighted by Crippen LogP contribution is -2.41. The highest BCUT2D eigenvalue weighted by Crippen LogP contribution is 2.25. The standard InChI is InChI=1S/C23H22FN3O3S2/c1-3-13-26-20-12-9-18(24)15-21(20)31-23(26)25-22(28)17-7-10-19(11-8-17)32(29,30)27-14-5-4-6-16(27)2/h1,7-12,15-16H,4-6,13-14H2,2H3. The second kappa shape index (κ2) is 8.98. The molecule has 0 bridgehead atoms. The number of terminal acetylenes is 1. The molecule has 9 heteroatoms. The van der Waals surface area contributed by atoms with Gasteiger partial charge in [0.1, 0.15) is 5.82 Å². The van der Waals surface area contributed by atoms with Crippen LogP contribution in [0.15, 0.2) is 52.4 Å². The fourth-order valence-electron chi connectivity index (χ4n) is 3.86. The van der Waals surface area contributed by atoms with E-state index < -0.39 is 15.9 Å². The van der Waals surface area contributed by atoms with Gasteiger partial charge in [0.05, 0.1) is 21.7 Å². The predicted octanol–water partition coefficient (Wildman–Crippen LogP) is 3.78. The third kappa shape index (κ3) is 4.26. The Morgan fingerprint density at radius 1 is 1.25 bits per heavy atom. The lowest BCUT2D eigenvalue weighted by molar-refractivity contribution is 0.0997. The topological polar surface area (TPSA) is 71.7 Å². The number of fused-ring (bicyclic) bond motifs is 1. The van der Waals surface area contributed by atoms with Crippen molar-refractivity contribution in [2.75, 3.05) is 6.54 Å². The van der Waals surface area contributed by atoms with Gasteiger partial charge in [0, 0.05) is 18.2 Å². The number of hydrogen-bond donors (Lipinski definition) is 0. The van der Waals surface area contributed by atoms with Gasteiger partial charge in [-0.25, -0.2) is 12.8 Å². The molecule has 2 heterocycles. The van der Waals surface area contributed by atoms with Crippen molar-refractivity contribution < 1.29 is 17.6 Å². The van der Waals surface area contributed by atoms with E-state index in [0.717, 1.165) is 30.6 Å². The third-order valence-corrected chi connectivity index (χ3v) is 8.61. The minimum atomic E-state index is -3.62. The van der Waals surface area contributed by atoms with E-state index in [2.05, 4.69) is 10.9 Å². The lowest BCUT2D eigenvalue weighted by Gasteiger charge is -2.32. The van der Waals surface area contributed by atoms with Crippen molar-refractivity contribution in [1.82, 2.24) is 8.87 Å². The Hall–Kier alpha value is -2.80. The molecule has 0 aliphatic carbocycles. The van der Waals surface area contributed by atoms with Crippen LogP contribution in [-0.2, 0) is 16.6 Å². The van der Waals surface area contributed by atoms with Gasteiger partial charge in [-0.3, -0.25) is 4.79 Å². The molecule has 0 saturated carbocycles. The smallest absolute Gasteiger partial charge is 0.279 e. The molecule has 32 heavy (non-hydrogen) atoms. The quantitative estimate of drug-likeness (QED) is 0.544. The predicted molar refractivity (Wildman–Crippen MR) is 122 cm³/mol. The summed E-state index contributed by atoms with van der Waals surface area (Å²) in [7, 11) is -3.62. The molecule has 1 aliphatic heterocycles. The Morgan fingerprint density at radius 3 is 2.69 bits per heavy atom. The highest BCUT2D eigenvalue weighted by atomic mass is 32.2. The number of amides is 1. The largest absolute Gasteiger partial charge is 0.305 e. The number of benzene rings is 2. The highest BCUT2D eigenvalue weighted by Gasteiger charge is 2.30. The molecule has 3 aromatic rings. The second-order valence-corrected chi connectivity index (χ2v) is 10.6. The molecule has 166 valence electrons. The van der Waals surface area contributed by atoms with Crippen LogP contribution in [-0.4, -0.2) is 35.8 Å². The van der Waals surface area contributed by atoms with Gasteiger partial charge in [-0.1, -0.05) is 23.7 Å².